The molecule has 0 radical (unpaired) electrons. The van der Waals surface area contributed by atoms with Crippen LogP contribution in [-0.4, -0.2) is 40.7 Å². The number of nitrogens with zero attached hydrogens (tertiary/aromatic N) is 2. The van der Waals surface area contributed by atoms with E-state index < -0.39 is 0 Å². The Hall–Kier alpha value is -1.53. The zero-order valence-electron chi connectivity index (χ0n) is 12.1. The maximum atomic E-state index is 11.7. The van der Waals surface area contributed by atoms with Crippen LogP contribution in [0.25, 0.3) is 5.65 Å². The number of aryl methyl sites for hydroxylation is 1. The van der Waals surface area contributed by atoms with Gasteiger partial charge in [-0.3, -0.25) is 4.79 Å². The second-order valence-corrected chi connectivity index (χ2v) is 6.51. The molecule has 1 aliphatic heterocycles. The molecule has 3 heterocycles. The van der Waals surface area contributed by atoms with Crippen LogP contribution in [0.15, 0.2) is 24.5 Å². The predicted molar refractivity (Wildman–Crippen MR) is 85.5 cm³/mol. The normalized spacial score (nSPS) is 15.1. The molecule has 2 aromatic rings. The molecule has 112 valence electrons. The van der Waals surface area contributed by atoms with Crippen molar-refractivity contribution in [2.24, 2.45) is 5.92 Å². The van der Waals surface area contributed by atoms with Gasteiger partial charge >= 0.3 is 0 Å². The molecule has 3 rings (SSSR count). The van der Waals surface area contributed by atoms with Crippen molar-refractivity contribution in [3.63, 3.8) is 0 Å². The van der Waals surface area contributed by atoms with Gasteiger partial charge in [0.2, 0.25) is 5.91 Å². The lowest BCUT2D eigenvalue weighted by molar-refractivity contribution is -0.118. The Morgan fingerprint density at radius 1 is 1.48 bits per heavy atom. The zero-order valence-corrected chi connectivity index (χ0v) is 12.9. The monoisotopic (exact) mass is 304 g/mol. The molecule has 6 heteroatoms. The van der Waals surface area contributed by atoms with Crippen molar-refractivity contribution in [3.8, 4) is 0 Å². The molecule has 0 saturated carbocycles. The van der Waals surface area contributed by atoms with Crippen LogP contribution in [0.4, 0.5) is 0 Å². The van der Waals surface area contributed by atoms with E-state index in [0.29, 0.717) is 11.7 Å². The Morgan fingerprint density at radius 3 is 3.10 bits per heavy atom. The van der Waals surface area contributed by atoms with Crippen molar-refractivity contribution >= 4 is 23.3 Å². The standard InChI is InChI=1S/C15H20N4OS/c1-11-2-3-14-18-13(8-19(14)7-11)9-21-10-15(20)17-6-12-4-16-5-12/h2-3,7-8,12,16H,4-6,9-10H2,1H3,(H,17,20). The highest BCUT2D eigenvalue weighted by molar-refractivity contribution is 7.99. The smallest absolute Gasteiger partial charge is 0.230 e. The maximum Gasteiger partial charge on any atom is 0.230 e. The average molecular weight is 304 g/mol. The van der Waals surface area contributed by atoms with E-state index >= 15 is 0 Å². The average Bonchev–Trinajstić information content (AvgIpc) is 2.78. The van der Waals surface area contributed by atoms with Crippen LogP contribution in [-0.2, 0) is 10.5 Å². The zero-order chi connectivity index (χ0) is 14.7. The molecule has 21 heavy (non-hydrogen) atoms. The lowest BCUT2D eigenvalue weighted by Crippen LogP contribution is -2.48. The van der Waals surface area contributed by atoms with Gasteiger partial charge in [-0.1, -0.05) is 6.07 Å². The first-order valence-electron chi connectivity index (χ1n) is 7.20. The second-order valence-electron chi connectivity index (χ2n) is 5.53. The summed E-state index contributed by atoms with van der Waals surface area (Å²) in [6, 6.07) is 4.07. The second kappa shape index (κ2) is 6.49. The molecule has 0 unspecified atom stereocenters. The minimum absolute atomic E-state index is 0.117. The lowest BCUT2D eigenvalue weighted by atomic mass is 10.0. The van der Waals surface area contributed by atoms with Crippen LogP contribution in [0, 0.1) is 12.8 Å². The number of hydrogen-bond donors (Lipinski definition) is 2. The third-order valence-electron chi connectivity index (χ3n) is 3.59. The molecule has 0 bridgehead atoms. The fourth-order valence-electron chi connectivity index (χ4n) is 2.28. The fourth-order valence-corrected chi connectivity index (χ4v) is 3.01. The maximum absolute atomic E-state index is 11.7. The molecule has 1 aliphatic rings. The Labute approximate surface area is 128 Å². The van der Waals surface area contributed by atoms with Gasteiger partial charge in [-0.25, -0.2) is 4.98 Å². The first-order valence-corrected chi connectivity index (χ1v) is 8.35. The summed E-state index contributed by atoms with van der Waals surface area (Å²) in [5.41, 5.74) is 3.18. The summed E-state index contributed by atoms with van der Waals surface area (Å²) in [6.07, 6.45) is 4.10. The number of hydrogen-bond acceptors (Lipinski definition) is 4. The van der Waals surface area contributed by atoms with Crippen molar-refractivity contribution < 1.29 is 4.79 Å². The SMILES string of the molecule is Cc1ccc2nc(CSCC(=O)NCC3CNC3)cn2c1. The van der Waals surface area contributed by atoms with E-state index in [1.165, 1.54) is 5.56 Å². The summed E-state index contributed by atoms with van der Waals surface area (Å²) in [5, 5.41) is 6.18. The molecule has 1 fully saturated rings. The number of fused-ring (bicyclic) bond motifs is 1. The van der Waals surface area contributed by atoms with E-state index in [0.717, 1.165) is 36.7 Å². The number of pyridine rings is 1. The number of carbonyl (C=O) groups excluding carboxylic acids is 1. The molecule has 0 aliphatic carbocycles. The third kappa shape index (κ3) is 3.77. The molecular weight excluding hydrogens is 284 g/mol. The topological polar surface area (TPSA) is 58.4 Å². The number of thioether (sulfide) groups is 1. The fraction of sp³-hybridized carbons (Fsp3) is 0.467. The highest BCUT2D eigenvalue weighted by Gasteiger charge is 2.16. The molecule has 2 N–H and O–H groups in total. The number of amides is 1. The van der Waals surface area contributed by atoms with Crippen molar-refractivity contribution in [3.05, 3.63) is 35.8 Å². The van der Waals surface area contributed by atoms with Gasteiger partial charge in [0.15, 0.2) is 0 Å². The summed E-state index contributed by atoms with van der Waals surface area (Å²) in [6.45, 7) is 4.90. The minimum atomic E-state index is 0.117. The number of carbonyl (C=O) groups is 1. The molecule has 5 nitrogen and oxygen atoms in total. The van der Waals surface area contributed by atoms with E-state index in [2.05, 4.69) is 34.8 Å². The van der Waals surface area contributed by atoms with Crippen molar-refractivity contribution in [1.82, 2.24) is 20.0 Å². The molecule has 0 aromatic carbocycles. The quantitative estimate of drug-likeness (QED) is 0.842. The summed E-state index contributed by atoms with van der Waals surface area (Å²) in [5.74, 6) is 1.98. The van der Waals surface area contributed by atoms with Crippen LogP contribution in [0.1, 0.15) is 11.3 Å². The van der Waals surface area contributed by atoms with Gasteiger partial charge in [0.1, 0.15) is 5.65 Å². The van der Waals surface area contributed by atoms with Crippen LogP contribution in [0.5, 0.6) is 0 Å². The van der Waals surface area contributed by atoms with E-state index in [-0.39, 0.29) is 5.91 Å². The van der Waals surface area contributed by atoms with Crippen molar-refractivity contribution in [2.45, 2.75) is 12.7 Å². The van der Waals surface area contributed by atoms with E-state index in [4.69, 9.17) is 0 Å². The van der Waals surface area contributed by atoms with Crippen molar-refractivity contribution in [1.29, 1.82) is 0 Å². The highest BCUT2D eigenvalue weighted by atomic mass is 32.2. The molecular formula is C15H20N4OS. The first kappa shape index (κ1) is 14.4. The number of imidazole rings is 1. The summed E-state index contributed by atoms with van der Waals surface area (Å²) < 4.78 is 2.04. The van der Waals surface area contributed by atoms with E-state index in [9.17, 15) is 4.79 Å². The van der Waals surface area contributed by atoms with Gasteiger partial charge in [-0.2, -0.15) is 0 Å². The van der Waals surface area contributed by atoms with Gasteiger partial charge in [0, 0.05) is 43.7 Å². The molecule has 0 spiro atoms. The summed E-state index contributed by atoms with van der Waals surface area (Å²) in [7, 11) is 0. The summed E-state index contributed by atoms with van der Waals surface area (Å²) in [4.78, 5) is 16.3. The van der Waals surface area contributed by atoms with Gasteiger partial charge < -0.3 is 15.0 Å². The first-order chi connectivity index (χ1) is 10.2. The van der Waals surface area contributed by atoms with Gasteiger partial charge in [0.05, 0.1) is 11.4 Å². The molecule has 0 atom stereocenters. The van der Waals surface area contributed by atoms with E-state index in [1.807, 2.05) is 16.7 Å². The Kier molecular flexibility index (Phi) is 4.45. The number of aromatic nitrogens is 2. The van der Waals surface area contributed by atoms with Gasteiger partial charge in [-0.05, 0) is 18.6 Å². The van der Waals surface area contributed by atoms with Crippen LogP contribution >= 0.6 is 11.8 Å². The van der Waals surface area contributed by atoms with Crippen LogP contribution in [0.2, 0.25) is 0 Å². The lowest BCUT2D eigenvalue weighted by Gasteiger charge is -2.27. The highest BCUT2D eigenvalue weighted by Crippen LogP contribution is 2.13. The molecule has 1 amide bonds. The van der Waals surface area contributed by atoms with Crippen LogP contribution < -0.4 is 10.6 Å². The van der Waals surface area contributed by atoms with Gasteiger partial charge in [0.25, 0.3) is 0 Å². The predicted octanol–water partition coefficient (Wildman–Crippen LogP) is 1.21. The Balaban J connectivity index is 1.44. The molecule has 2 aromatic heterocycles. The molecule has 1 saturated heterocycles. The van der Waals surface area contributed by atoms with Crippen molar-refractivity contribution in [2.75, 3.05) is 25.4 Å². The largest absolute Gasteiger partial charge is 0.355 e. The number of nitrogens with one attached hydrogen (secondary N) is 2. The Bertz CT molecular complexity index is 636. The Morgan fingerprint density at radius 2 is 2.33 bits per heavy atom. The third-order valence-corrected chi connectivity index (χ3v) is 4.55. The number of rotatable bonds is 6. The van der Waals surface area contributed by atoms with Gasteiger partial charge in [-0.15, -0.1) is 11.8 Å². The summed E-state index contributed by atoms with van der Waals surface area (Å²) >= 11 is 1.61. The van der Waals surface area contributed by atoms with Crippen LogP contribution in [0.3, 0.4) is 0 Å². The van der Waals surface area contributed by atoms with E-state index in [1.54, 1.807) is 11.8 Å². The minimum Gasteiger partial charge on any atom is -0.355 e.